The first-order valence-corrected chi connectivity index (χ1v) is 10.8. The lowest BCUT2D eigenvalue weighted by Gasteiger charge is -2.49. The molecule has 0 aliphatic heterocycles. The minimum atomic E-state index is -9.34. The highest BCUT2D eigenvalue weighted by atomic mass is 19.4. The van der Waals surface area contributed by atoms with Crippen LogP contribution in [0.4, 0.5) is 96.6 Å². The minimum Gasteiger partial charge on any atom is -0.462 e. The summed E-state index contributed by atoms with van der Waals surface area (Å²) in [7, 11) is 0. The molecule has 0 N–H and O–H groups in total. The van der Waals surface area contributed by atoms with Gasteiger partial charge in [-0.2, -0.15) is 92.2 Å². The van der Waals surface area contributed by atoms with Gasteiger partial charge in [0.05, 0.1) is 6.61 Å². The predicted octanol–water partition coefficient (Wildman–Crippen LogP) is 9.35. The Balaban J connectivity index is 7.30. The zero-order valence-corrected chi connectivity index (χ0v) is 21.1. The van der Waals surface area contributed by atoms with E-state index >= 15 is 0 Å². The second kappa shape index (κ2) is 11.8. The van der Waals surface area contributed by atoms with Gasteiger partial charge < -0.3 is 4.74 Å². The summed E-state index contributed by atoms with van der Waals surface area (Å²) in [6.07, 6.45) is -34.6. The molecule has 0 saturated heterocycles. The highest BCUT2D eigenvalue weighted by Gasteiger charge is 2.99. The average molecular weight is 706 g/mol. The molecule has 0 aliphatic rings. The standard InChI is InChI=1S/C20H16F22O2/c1-7(2)10(43)44-6-8(3)4-5-9(21)11(18(34,35)36,19(37,38)39)12(22,23)13(24,25)14(26,27)15(28,29)16(30,31)17(32,33)20(40,41)42/h8-9H,1,4-6H2,2-3H3. The third-order valence-electron chi connectivity index (χ3n) is 5.95. The molecule has 0 heterocycles. The van der Waals surface area contributed by atoms with Gasteiger partial charge in [0, 0.05) is 5.57 Å². The molecule has 0 aliphatic carbocycles. The molecule has 2 nitrogen and oxygen atoms in total. The number of rotatable bonds is 13. The fourth-order valence-electron chi connectivity index (χ4n) is 3.35. The van der Waals surface area contributed by atoms with Crippen LogP contribution in [0.15, 0.2) is 12.2 Å². The van der Waals surface area contributed by atoms with E-state index in [0.29, 0.717) is 6.92 Å². The minimum absolute atomic E-state index is 0.382. The van der Waals surface area contributed by atoms with Gasteiger partial charge in [0.15, 0.2) is 0 Å². The zero-order chi connectivity index (χ0) is 36.1. The Hall–Kier alpha value is -2.33. The fourth-order valence-corrected chi connectivity index (χ4v) is 3.35. The molecule has 0 bridgehead atoms. The van der Waals surface area contributed by atoms with Crippen molar-refractivity contribution in [1.82, 2.24) is 0 Å². The van der Waals surface area contributed by atoms with Crippen LogP contribution in [-0.4, -0.2) is 72.8 Å². The van der Waals surface area contributed by atoms with Crippen molar-refractivity contribution >= 4 is 5.97 Å². The van der Waals surface area contributed by atoms with E-state index in [4.69, 9.17) is 0 Å². The number of esters is 1. The van der Waals surface area contributed by atoms with Gasteiger partial charge in [-0.3, -0.25) is 0 Å². The van der Waals surface area contributed by atoms with E-state index in [1.54, 1.807) is 0 Å². The van der Waals surface area contributed by atoms with Crippen molar-refractivity contribution in [2.24, 2.45) is 11.3 Å². The van der Waals surface area contributed by atoms with Crippen molar-refractivity contribution in [1.29, 1.82) is 0 Å². The van der Waals surface area contributed by atoms with Crippen LogP contribution >= 0.6 is 0 Å². The van der Waals surface area contributed by atoms with Gasteiger partial charge in [0.2, 0.25) is 0 Å². The maximum Gasteiger partial charge on any atom is 0.460 e. The first kappa shape index (κ1) is 41.7. The van der Waals surface area contributed by atoms with E-state index in [1.807, 2.05) is 0 Å². The molecule has 0 saturated carbocycles. The SMILES string of the molecule is C=C(C)C(=O)OCC(C)CCC(F)C(C(F)(F)F)(C(F)(F)F)C(F)(F)C(F)(F)C(F)(F)C(F)(F)C(F)(F)C(F)(F)C(F)(F)F. The molecule has 2 atom stereocenters. The van der Waals surface area contributed by atoms with Gasteiger partial charge in [-0.25, -0.2) is 9.18 Å². The van der Waals surface area contributed by atoms with Crippen LogP contribution < -0.4 is 0 Å². The summed E-state index contributed by atoms with van der Waals surface area (Å²) in [6.45, 7) is 3.62. The summed E-state index contributed by atoms with van der Waals surface area (Å²) in [4.78, 5) is 11.2. The van der Waals surface area contributed by atoms with Gasteiger partial charge in [0.25, 0.3) is 5.41 Å². The van der Waals surface area contributed by atoms with Crippen molar-refractivity contribution in [3.8, 4) is 0 Å². The van der Waals surface area contributed by atoms with E-state index in [2.05, 4.69) is 11.3 Å². The molecule has 0 spiro atoms. The van der Waals surface area contributed by atoms with Crippen molar-refractivity contribution in [3.05, 3.63) is 12.2 Å². The number of alkyl halides is 22. The number of hydrogen-bond acceptors (Lipinski definition) is 2. The summed E-state index contributed by atoms with van der Waals surface area (Å²) in [5.74, 6) is -57.5. The Kier molecular flexibility index (Phi) is 11.2. The van der Waals surface area contributed by atoms with E-state index in [1.165, 1.54) is 0 Å². The van der Waals surface area contributed by atoms with Crippen LogP contribution in [0.1, 0.15) is 26.7 Å². The van der Waals surface area contributed by atoms with Gasteiger partial charge in [-0.15, -0.1) is 0 Å². The Morgan fingerprint density at radius 3 is 1.18 bits per heavy atom. The van der Waals surface area contributed by atoms with E-state index in [0.717, 1.165) is 6.92 Å². The Morgan fingerprint density at radius 1 is 0.568 bits per heavy atom. The van der Waals surface area contributed by atoms with Crippen LogP contribution in [0.3, 0.4) is 0 Å². The molecule has 0 aromatic heterocycles. The maximum absolute atomic E-state index is 14.7. The summed E-state index contributed by atoms with van der Waals surface area (Å²) in [5, 5.41) is 0. The summed E-state index contributed by atoms with van der Waals surface area (Å²) >= 11 is 0. The first-order chi connectivity index (χ1) is 18.9. The van der Waals surface area contributed by atoms with Crippen molar-refractivity contribution in [2.75, 3.05) is 6.61 Å². The monoisotopic (exact) mass is 706 g/mol. The van der Waals surface area contributed by atoms with E-state index < -0.39 is 97.0 Å². The second-order valence-electron chi connectivity index (χ2n) is 9.28. The third kappa shape index (κ3) is 6.09. The van der Waals surface area contributed by atoms with Gasteiger partial charge >= 0.3 is 60.0 Å². The quantitative estimate of drug-likeness (QED) is 0.109. The molecule has 2 unspecified atom stereocenters. The number of hydrogen-bond donors (Lipinski definition) is 0. The number of halogens is 22. The number of ether oxygens (including phenoxy) is 1. The highest BCUT2D eigenvalue weighted by molar-refractivity contribution is 5.86. The second-order valence-corrected chi connectivity index (χ2v) is 9.28. The Bertz CT molecular complexity index is 1020. The van der Waals surface area contributed by atoms with Crippen molar-refractivity contribution in [3.63, 3.8) is 0 Å². The maximum atomic E-state index is 14.7. The van der Waals surface area contributed by atoms with E-state index in [-0.39, 0.29) is 5.57 Å². The Morgan fingerprint density at radius 2 is 0.886 bits per heavy atom. The topological polar surface area (TPSA) is 26.3 Å². The third-order valence-corrected chi connectivity index (χ3v) is 5.95. The van der Waals surface area contributed by atoms with Crippen LogP contribution in [0, 0.1) is 11.3 Å². The first-order valence-electron chi connectivity index (χ1n) is 10.8. The van der Waals surface area contributed by atoms with Crippen LogP contribution in [-0.2, 0) is 9.53 Å². The molecular weight excluding hydrogens is 690 g/mol. The van der Waals surface area contributed by atoms with Crippen molar-refractivity contribution in [2.45, 2.75) is 86.9 Å². The summed E-state index contributed by atoms with van der Waals surface area (Å²) in [5.41, 5.74) is -8.63. The predicted molar refractivity (Wildman–Crippen MR) is 99.3 cm³/mol. The lowest BCUT2D eigenvalue weighted by atomic mass is 9.69. The molecule has 0 aromatic rings. The lowest BCUT2D eigenvalue weighted by molar-refractivity contribution is -0.490. The van der Waals surface area contributed by atoms with Crippen LogP contribution in [0.25, 0.3) is 0 Å². The molecule has 262 valence electrons. The Labute approximate surface area is 230 Å². The largest absolute Gasteiger partial charge is 0.462 e. The average Bonchev–Trinajstić information content (AvgIpc) is 2.77. The van der Waals surface area contributed by atoms with Crippen LogP contribution in [0.5, 0.6) is 0 Å². The van der Waals surface area contributed by atoms with Crippen LogP contribution in [0.2, 0.25) is 0 Å². The molecule has 0 radical (unpaired) electrons. The molecule has 0 fully saturated rings. The zero-order valence-electron chi connectivity index (χ0n) is 21.1. The smallest absolute Gasteiger partial charge is 0.460 e. The summed E-state index contributed by atoms with van der Waals surface area (Å²) in [6, 6.07) is 0. The normalized spacial score (nSPS) is 16.9. The molecule has 0 rings (SSSR count). The highest BCUT2D eigenvalue weighted by Crippen LogP contribution is 2.70. The molecular formula is C20H16F22O2. The fraction of sp³-hybridized carbons (Fsp3) is 0.850. The molecule has 0 aromatic carbocycles. The van der Waals surface area contributed by atoms with Crippen molar-refractivity contribution < 1.29 is 106 Å². The number of carbonyl (C=O) groups excluding carboxylic acids is 1. The van der Waals surface area contributed by atoms with Gasteiger partial charge in [-0.05, 0) is 25.7 Å². The lowest BCUT2D eigenvalue weighted by Crippen LogP contribution is -2.78. The molecule has 44 heavy (non-hydrogen) atoms. The van der Waals surface area contributed by atoms with Gasteiger partial charge in [0.1, 0.15) is 6.17 Å². The van der Waals surface area contributed by atoms with Gasteiger partial charge in [-0.1, -0.05) is 13.5 Å². The molecule has 24 heteroatoms. The van der Waals surface area contributed by atoms with E-state index in [9.17, 15) is 101 Å². The number of carbonyl (C=O) groups is 1. The molecule has 0 amide bonds. The summed E-state index contributed by atoms with van der Waals surface area (Å²) < 4.78 is 302.